The molecule has 0 aromatic carbocycles. The predicted octanol–water partition coefficient (Wildman–Crippen LogP) is 1.92. The third kappa shape index (κ3) is 2.38. The Balaban J connectivity index is 2.00. The van der Waals surface area contributed by atoms with Gasteiger partial charge in [0.05, 0.1) is 5.92 Å². The van der Waals surface area contributed by atoms with Crippen molar-refractivity contribution in [2.24, 2.45) is 11.3 Å². The van der Waals surface area contributed by atoms with Crippen LogP contribution in [0, 0.1) is 11.3 Å². The minimum atomic E-state index is -0.622. The second kappa shape index (κ2) is 4.57. The molecule has 4 heteroatoms. The molecule has 2 rings (SSSR count). The summed E-state index contributed by atoms with van der Waals surface area (Å²) in [5.74, 6) is 1.66. The molecule has 2 fully saturated rings. The Hall–Kier alpha value is -0.220. The van der Waals surface area contributed by atoms with Gasteiger partial charge in [-0.2, -0.15) is 11.8 Å². The first kappa shape index (κ1) is 12.2. The number of carboxylic acid groups (broad SMARTS) is 1. The van der Waals surface area contributed by atoms with Crippen LogP contribution < -0.4 is 0 Å². The fraction of sp³-hybridized carbons (Fsp3) is 0.917. The van der Waals surface area contributed by atoms with Gasteiger partial charge in [-0.3, -0.25) is 9.69 Å². The van der Waals surface area contributed by atoms with Gasteiger partial charge in [-0.25, -0.2) is 0 Å². The van der Waals surface area contributed by atoms with Gasteiger partial charge in [0.15, 0.2) is 0 Å². The third-order valence-electron chi connectivity index (χ3n) is 4.08. The van der Waals surface area contributed by atoms with Gasteiger partial charge in [0.1, 0.15) is 0 Å². The van der Waals surface area contributed by atoms with Gasteiger partial charge in [-0.1, -0.05) is 13.8 Å². The SMILES string of the molecule is CC1(C)CCSCC1N1CCC(C(=O)O)C1. The van der Waals surface area contributed by atoms with E-state index in [9.17, 15) is 4.79 Å². The van der Waals surface area contributed by atoms with E-state index in [2.05, 4.69) is 18.7 Å². The van der Waals surface area contributed by atoms with Gasteiger partial charge >= 0.3 is 5.97 Å². The molecule has 0 saturated carbocycles. The molecule has 0 amide bonds. The van der Waals surface area contributed by atoms with E-state index < -0.39 is 5.97 Å². The van der Waals surface area contributed by atoms with E-state index in [0.29, 0.717) is 11.5 Å². The highest BCUT2D eigenvalue weighted by Crippen LogP contribution is 2.39. The van der Waals surface area contributed by atoms with E-state index in [0.717, 1.165) is 19.5 Å². The summed E-state index contributed by atoms with van der Waals surface area (Å²) in [5.41, 5.74) is 0.346. The Morgan fingerprint density at radius 2 is 2.25 bits per heavy atom. The van der Waals surface area contributed by atoms with E-state index >= 15 is 0 Å². The van der Waals surface area contributed by atoms with Crippen molar-refractivity contribution >= 4 is 17.7 Å². The molecular formula is C12H21NO2S. The molecular weight excluding hydrogens is 222 g/mol. The summed E-state index contributed by atoms with van der Waals surface area (Å²) in [6, 6.07) is 0.565. The highest BCUT2D eigenvalue weighted by atomic mass is 32.2. The number of nitrogens with zero attached hydrogens (tertiary/aromatic N) is 1. The second-order valence-electron chi connectivity index (χ2n) is 5.65. The molecule has 2 heterocycles. The maximum atomic E-state index is 11.0. The Kier molecular flexibility index (Phi) is 3.50. The molecule has 92 valence electrons. The summed E-state index contributed by atoms with van der Waals surface area (Å²) in [5, 5.41) is 9.03. The lowest BCUT2D eigenvalue weighted by Crippen LogP contribution is -2.48. The lowest BCUT2D eigenvalue weighted by Gasteiger charge is -2.43. The number of thioether (sulfide) groups is 1. The van der Waals surface area contributed by atoms with Crippen LogP contribution >= 0.6 is 11.8 Å². The lowest BCUT2D eigenvalue weighted by atomic mass is 9.81. The first-order chi connectivity index (χ1) is 7.50. The maximum absolute atomic E-state index is 11.0. The number of aliphatic carboxylic acids is 1. The van der Waals surface area contributed by atoms with Crippen molar-refractivity contribution in [3.63, 3.8) is 0 Å². The lowest BCUT2D eigenvalue weighted by molar-refractivity contribution is -0.141. The molecule has 0 bridgehead atoms. The Bertz CT molecular complexity index is 280. The van der Waals surface area contributed by atoms with Gasteiger partial charge in [0.25, 0.3) is 0 Å². The summed E-state index contributed by atoms with van der Waals surface area (Å²) in [6.45, 7) is 6.37. The quantitative estimate of drug-likeness (QED) is 0.804. The molecule has 3 nitrogen and oxygen atoms in total. The Morgan fingerprint density at radius 3 is 2.81 bits per heavy atom. The highest BCUT2D eigenvalue weighted by Gasteiger charge is 2.40. The van der Waals surface area contributed by atoms with Crippen LogP contribution in [0.3, 0.4) is 0 Å². The molecule has 0 radical (unpaired) electrons. The molecule has 2 unspecified atom stereocenters. The van der Waals surface area contributed by atoms with Crippen molar-refractivity contribution in [3.05, 3.63) is 0 Å². The van der Waals surface area contributed by atoms with Crippen LogP contribution in [-0.2, 0) is 4.79 Å². The predicted molar refractivity (Wildman–Crippen MR) is 66.8 cm³/mol. The summed E-state index contributed by atoms with van der Waals surface area (Å²) in [7, 11) is 0. The first-order valence-electron chi connectivity index (χ1n) is 6.05. The summed E-state index contributed by atoms with van der Waals surface area (Å²) >= 11 is 2.01. The fourth-order valence-electron chi connectivity index (χ4n) is 2.79. The van der Waals surface area contributed by atoms with Gasteiger partial charge in [-0.15, -0.1) is 0 Å². The Labute approximate surface area is 102 Å². The highest BCUT2D eigenvalue weighted by molar-refractivity contribution is 7.99. The minimum Gasteiger partial charge on any atom is -0.481 e. The van der Waals surface area contributed by atoms with Crippen molar-refractivity contribution in [1.29, 1.82) is 0 Å². The van der Waals surface area contributed by atoms with Crippen molar-refractivity contribution in [3.8, 4) is 0 Å². The van der Waals surface area contributed by atoms with E-state index in [1.807, 2.05) is 11.8 Å². The molecule has 0 aliphatic carbocycles. The fourth-order valence-corrected chi connectivity index (χ4v) is 4.52. The van der Waals surface area contributed by atoms with E-state index in [1.165, 1.54) is 17.9 Å². The maximum Gasteiger partial charge on any atom is 0.307 e. The summed E-state index contributed by atoms with van der Waals surface area (Å²) in [4.78, 5) is 13.4. The number of hydrogen-bond acceptors (Lipinski definition) is 3. The topological polar surface area (TPSA) is 40.5 Å². The smallest absolute Gasteiger partial charge is 0.307 e. The summed E-state index contributed by atoms with van der Waals surface area (Å²) < 4.78 is 0. The molecule has 16 heavy (non-hydrogen) atoms. The minimum absolute atomic E-state index is 0.136. The third-order valence-corrected chi connectivity index (χ3v) is 5.12. The Morgan fingerprint density at radius 1 is 1.50 bits per heavy atom. The molecule has 2 aliphatic rings. The van der Waals surface area contributed by atoms with Crippen LogP contribution in [0.2, 0.25) is 0 Å². The van der Waals surface area contributed by atoms with Crippen molar-refractivity contribution < 1.29 is 9.90 Å². The van der Waals surface area contributed by atoms with Crippen molar-refractivity contribution in [2.45, 2.75) is 32.7 Å². The molecule has 2 aliphatic heterocycles. The number of rotatable bonds is 2. The van der Waals surface area contributed by atoms with Gasteiger partial charge < -0.3 is 5.11 Å². The molecule has 2 atom stereocenters. The normalized spacial score (nSPS) is 35.1. The molecule has 1 N–H and O–H groups in total. The van der Waals surface area contributed by atoms with Crippen molar-refractivity contribution in [2.75, 3.05) is 24.6 Å². The average molecular weight is 243 g/mol. The van der Waals surface area contributed by atoms with Crippen LogP contribution in [0.5, 0.6) is 0 Å². The van der Waals surface area contributed by atoms with Crippen LogP contribution in [0.4, 0.5) is 0 Å². The van der Waals surface area contributed by atoms with E-state index in [1.54, 1.807) is 0 Å². The summed E-state index contributed by atoms with van der Waals surface area (Å²) in [6.07, 6.45) is 2.07. The van der Waals surface area contributed by atoms with Gasteiger partial charge in [0, 0.05) is 18.3 Å². The van der Waals surface area contributed by atoms with Crippen LogP contribution in [0.1, 0.15) is 26.7 Å². The first-order valence-corrected chi connectivity index (χ1v) is 7.21. The number of carboxylic acids is 1. The van der Waals surface area contributed by atoms with Crippen LogP contribution in [0.25, 0.3) is 0 Å². The van der Waals surface area contributed by atoms with E-state index in [-0.39, 0.29) is 5.92 Å². The van der Waals surface area contributed by atoms with E-state index in [4.69, 9.17) is 5.11 Å². The monoisotopic (exact) mass is 243 g/mol. The molecule has 0 aromatic rings. The molecule has 2 saturated heterocycles. The van der Waals surface area contributed by atoms with Gasteiger partial charge in [0.2, 0.25) is 0 Å². The molecule has 0 spiro atoms. The zero-order valence-corrected chi connectivity index (χ0v) is 10.9. The number of likely N-dealkylation sites (tertiary alicyclic amines) is 1. The second-order valence-corrected chi connectivity index (χ2v) is 6.80. The zero-order valence-electron chi connectivity index (χ0n) is 10.1. The zero-order chi connectivity index (χ0) is 11.8. The average Bonchev–Trinajstić information content (AvgIpc) is 2.65. The van der Waals surface area contributed by atoms with Gasteiger partial charge in [-0.05, 0) is 30.6 Å². The van der Waals surface area contributed by atoms with Crippen molar-refractivity contribution in [1.82, 2.24) is 4.90 Å². The molecule has 0 aromatic heterocycles. The number of carbonyl (C=O) groups is 1. The largest absolute Gasteiger partial charge is 0.481 e. The van der Waals surface area contributed by atoms with Crippen LogP contribution in [0.15, 0.2) is 0 Å². The number of hydrogen-bond donors (Lipinski definition) is 1. The van der Waals surface area contributed by atoms with Crippen LogP contribution in [-0.4, -0.2) is 46.6 Å². The standard InChI is InChI=1S/C12H21NO2S/c1-12(2)4-6-16-8-10(12)13-5-3-9(7-13)11(14)15/h9-10H,3-8H2,1-2H3,(H,14,15).